The van der Waals surface area contributed by atoms with Crippen LogP contribution in [0.5, 0.6) is 0 Å². The Labute approximate surface area is 188 Å². The highest BCUT2D eigenvalue weighted by Crippen LogP contribution is 2.09. The van der Waals surface area contributed by atoms with Crippen LogP contribution in [0.4, 0.5) is 0 Å². The number of amides is 3. The van der Waals surface area contributed by atoms with Crippen LogP contribution in [0.25, 0.3) is 0 Å². The summed E-state index contributed by atoms with van der Waals surface area (Å²) in [6.45, 7) is 5.97. The lowest BCUT2D eigenvalue weighted by molar-refractivity contribution is -0.142. The summed E-state index contributed by atoms with van der Waals surface area (Å²) in [5, 5.41) is 20.3. The molecule has 9 nitrogen and oxygen atoms in total. The van der Waals surface area contributed by atoms with Gasteiger partial charge in [0.25, 0.3) is 0 Å². The number of carbonyl (C=O) groups excluding carboxylic acids is 3. The van der Waals surface area contributed by atoms with Crippen molar-refractivity contribution in [1.82, 2.24) is 21.3 Å². The van der Waals surface area contributed by atoms with E-state index in [0.717, 1.165) is 18.5 Å². The van der Waals surface area contributed by atoms with Gasteiger partial charge in [-0.3, -0.25) is 14.4 Å². The van der Waals surface area contributed by atoms with Gasteiger partial charge in [-0.25, -0.2) is 4.79 Å². The molecule has 1 saturated heterocycles. The Hall–Kier alpha value is -2.94. The fraction of sp³-hybridized carbons (Fsp3) is 0.565. The number of rotatable bonds is 11. The first-order valence-corrected chi connectivity index (χ1v) is 11.1. The van der Waals surface area contributed by atoms with Crippen LogP contribution in [0, 0.1) is 5.92 Å². The standard InChI is InChI=1S/C23H34N4O5/c1-14(2)12-19(23(31)32)27-20(28)15(3)25-22(30)18(13-16-8-5-4-6-9-16)26-21(29)17-10-7-11-24-17/h4-6,8-9,14-15,17-19,24H,7,10-13H2,1-3H3,(H,25,30)(H,26,29)(H,27,28)(H,31,32). The lowest BCUT2D eigenvalue weighted by atomic mass is 10.0. The number of hydrogen-bond donors (Lipinski definition) is 5. The number of carbonyl (C=O) groups is 4. The fourth-order valence-corrected chi connectivity index (χ4v) is 3.61. The molecule has 0 aromatic heterocycles. The number of nitrogens with one attached hydrogen (secondary N) is 4. The summed E-state index contributed by atoms with van der Waals surface area (Å²) in [4.78, 5) is 49.5. The van der Waals surface area contributed by atoms with E-state index in [-0.39, 0.29) is 30.7 Å². The smallest absolute Gasteiger partial charge is 0.326 e. The van der Waals surface area contributed by atoms with Gasteiger partial charge in [0.1, 0.15) is 18.1 Å². The first kappa shape index (κ1) is 25.3. The molecule has 1 aliphatic heterocycles. The minimum Gasteiger partial charge on any atom is -0.480 e. The Kier molecular flexibility index (Phi) is 9.64. The molecule has 0 saturated carbocycles. The summed E-state index contributed by atoms with van der Waals surface area (Å²) in [6.07, 6.45) is 2.15. The molecule has 0 bridgehead atoms. The van der Waals surface area contributed by atoms with E-state index in [2.05, 4.69) is 21.3 Å². The van der Waals surface area contributed by atoms with Crippen molar-refractivity contribution in [3.8, 4) is 0 Å². The largest absolute Gasteiger partial charge is 0.480 e. The lowest BCUT2D eigenvalue weighted by Crippen LogP contribution is -2.56. The van der Waals surface area contributed by atoms with Crippen LogP contribution in [0.2, 0.25) is 0 Å². The second-order valence-corrected chi connectivity index (χ2v) is 8.66. The molecule has 9 heteroatoms. The number of hydrogen-bond acceptors (Lipinski definition) is 5. The molecule has 4 atom stereocenters. The molecule has 32 heavy (non-hydrogen) atoms. The zero-order valence-electron chi connectivity index (χ0n) is 18.9. The van der Waals surface area contributed by atoms with Crippen LogP contribution in [0.15, 0.2) is 30.3 Å². The maximum atomic E-state index is 13.0. The van der Waals surface area contributed by atoms with Crippen LogP contribution in [-0.2, 0) is 25.6 Å². The van der Waals surface area contributed by atoms with E-state index in [9.17, 15) is 24.3 Å². The third-order valence-corrected chi connectivity index (χ3v) is 5.37. The van der Waals surface area contributed by atoms with Crippen LogP contribution >= 0.6 is 0 Å². The van der Waals surface area contributed by atoms with E-state index in [4.69, 9.17) is 0 Å². The van der Waals surface area contributed by atoms with Crippen molar-refractivity contribution < 1.29 is 24.3 Å². The Morgan fingerprint density at radius 1 is 1.00 bits per heavy atom. The molecule has 0 spiro atoms. The molecule has 5 N–H and O–H groups in total. The molecule has 1 aliphatic rings. The highest BCUT2D eigenvalue weighted by atomic mass is 16.4. The van der Waals surface area contributed by atoms with Crippen molar-refractivity contribution in [1.29, 1.82) is 0 Å². The zero-order valence-corrected chi connectivity index (χ0v) is 18.9. The molecule has 4 unspecified atom stereocenters. The van der Waals surface area contributed by atoms with Crippen LogP contribution in [-0.4, -0.2) is 59.5 Å². The summed E-state index contributed by atoms with van der Waals surface area (Å²) in [5.41, 5.74) is 0.868. The first-order chi connectivity index (χ1) is 15.2. The van der Waals surface area contributed by atoms with Crippen molar-refractivity contribution in [3.63, 3.8) is 0 Å². The summed E-state index contributed by atoms with van der Waals surface area (Å²) in [5.74, 6) is -2.38. The monoisotopic (exact) mass is 446 g/mol. The van der Waals surface area contributed by atoms with Gasteiger partial charge in [0, 0.05) is 6.42 Å². The van der Waals surface area contributed by atoms with Crippen molar-refractivity contribution in [2.24, 2.45) is 5.92 Å². The van der Waals surface area contributed by atoms with Crippen molar-refractivity contribution in [2.45, 2.75) is 70.6 Å². The highest BCUT2D eigenvalue weighted by molar-refractivity contribution is 5.94. The van der Waals surface area contributed by atoms with Crippen LogP contribution < -0.4 is 21.3 Å². The van der Waals surface area contributed by atoms with E-state index >= 15 is 0 Å². The topological polar surface area (TPSA) is 137 Å². The van der Waals surface area contributed by atoms with E-state index in [1.54, 1.807) is 0 Å². The third-order valence-electron chi connectivity index (χ3n) is 5.37. The second-order valence-electron chi connectivity index (χ2n) is 8.66. The van der Waals surface area contributed by atoms with Crippen molar-refractivity contribution in [3.05, 3.63) is 35.9 Å². The van der Waals surface area contributed by atoms with E-state index in [1.165, 1.54) is 6.92 Å². The predicted octanol–water partition coefficient (Wildman–Crippen LogP) is 0.586. The van der Waals surface area contributed by atoms with Gasteiger partial charge >= 0.3 is 5.97 Å². The average Bonchev–Trinajstić information content (AvgIpc) is 3.28. The molecule has 0 aliphatic carbocycles. The Bertz CT molecular complexity index is 793. The quantitative estimate of drug-likeness (QED) is 0.337. The predicted molar refractivity (Wildman–Crippen MR) is 120 cm³/mol. The van der Waals surface area contributed by atoms with Gasteiger partial charge in [-0.1, -0.05) is 44.2 Å². The molecule has 2 rings (SSSR count). The maximum Gasteiger partial charge on any atom is 0.326 e. The van der Waals surface area contributed by atoms with Crippen molar-refractivity contribution in [2.75, 3.05) is 6.54 Å². The summed E-state index contributed by atoms with van der Waals surface area (Å²) < 4.78 is 0. The molecule has 1 aromatic carbocycles. The van der Waals surface area contributed by atoms with E-state index < -0.39 is 35.9 Å². The molecule has 176 valence electrons. The highest BCUT2D eigenvalue weighted by Gasteiger charge is 2.30. The Morgan fingerprint density at radius 3 is 2.25 bits per heavy atom. The normalized spacial score (nSPS) is 18.4. The number of aliphatic carboxylic acids is 1. The molecule has 0 radical (unpaired) electrons. The van der Waals surface area contributed by atoms with Gasteiger partial charge in [0.2, 0.25) is 17.7 Å². The number of carboxylic acids is 1. The SMILES string of the molecule is CC(C)CC(NC(=O)C(C)NC(=O)C(Cc1ccccc1)NC(=O)C1CCCN1)C(=O)O. The minimum absolute atomic E-state index is 0.0796. The lowest BCUT2D eigenvalue weighted by Gasteiger charge is -2.24. The summed E-state index contributed by atoms with van der Waals surface area (Å²) in [7, 11) is 0. The van der Waals surface area contributed by atoms with Gasteiger partial charge in [-0.15, -0.1) is 0 Å². The molecule has 3 amide bonds. The van der Waals surface area contributed by atoms with Gasteiger partial charge in [0.15, 0.2) is 0 Å². The van der Waals surface area contributed by atoms with Gasteiger partial charge in [0.05, 0.1) is 6.04 Å². The molecular weight excluding hydrogens is 412 g/mol. The number of carboxylic acid groups (broad SMARTS) is 1. The first-order valence-electron chi connectivity index (χ1n) is 11.1. The summed E-state index contributed by atoms with van der Waals surface area (Å²) in [6, 6.07) is 6.08. The molecule has 1 heterocycles. The van der Waals surface area contributed by atoms with Crippen LogP contribution in [0.3, 0.4) is 0 Å². The number of benzene rings is 1. The van der Waals surface area contributed by atoms with Crippen LogP contribution in [0.1, 0.15) is 45.6 Å². The maximum absolute atomic E-state index is 13.0. The van der Waals surface area contributed by atoms with Gasteiger partial charge in [-0.05, 0) is 44.2 Å². The average molecular weight is 447 g/mol. The van der Waals surface area contributed by atoms with Crippen molar-refractivity contribution >= 4 is 23.7 Å². The fourth-order valence-electron chi connectivity index (χ4n) is 3.61. The molecule has 1 fully saturated rings. The second kappa shape index (κ2) is 12.2. The van der Waals surface area contributed by atoms with E-state index in [0.29, 0.717) is 6.42 Å². The Morgan fingerprint density at radius 2 is 1.69 bits per heavy atom. The third kappa shape index (κ3) is 7.96. The van der Waals surface area contributed by atoms with Gasteiger partial charge < -0.3 is 26.4 Å². The van der Waals surface area contributed by atoms with Gasteiger partial charge in [-0.2, -0.15) is 0 Å². The Balaban J connectivity index is 2.04. The van der Waals surface area contributed by atoms with E-state index in [1.807, 2.05) is 44.2 Å². The molecule has 1 aromatic rings. The minimum atomic E-state index is -1.12. The molecular formula is C23H34N4O5. The zero-order chi connectivity index (χ0) is 23.7. The summed E-state index contributed by atoms with van der Waals surface area (Å²) >= 11 is 0.